The minimum Gasteiger partial charge on any atom is -0.493 e. The van der Waals surface area contributed by atoms with Gasteiger partial charge in [0.05, 0.1) is 20.8 Å². The number of carbonyl (C=O) groups excluding carboxylic acids is 1. The van der Waals surface area contributed by atoms with E-state index in [1.807, 2.05) is 0 Å². The highest BCUT2D eigenvalue weighted by Gasteiger charge is 2.36. The molecule has 1 aromatic carbocycles. The van der Waals surface area contributed by atoms with Crippen LogP contribution in [0, 0.1) is 5.92 Å². The first kappa shape index (κ1) is 20.0. The second-order valence-electron chi connectivity index (χ2n) is 7.26. The van der Waals surface area contributed by atoms with Crippen LogP contribution in [0.3, 0.4) is 0 Å². The van der Waals surface area contributed by atoms with Gasteiger partial charge in [0.15, 0.2) is 11.5 Å². The summed E-state index contributed by atoms with van der Waals surface area (Å²) in [5, 5.41) is 9.71. The molecule has 1 N–H and O–H groups in total. The number of carboxylic acids is 1. The molecular weight excluding hydrogens is 362 g/mol. The fourth-order valence-electron chi connectivity index (χ4n) is 4.02. The molecule has 0 aromatic heterocycles. The van der Waals surface area contributed by atoms with Gasteiger partial charge in [-0.25, -0.2) is 4.79 Å². The van der Waals surface area contributed by atoms with E-state index in [2.05, 4.69) is 0 Å². The summed E-state index contributed by atoms with van der Waals surface area (Å²) in [6, 6.07) is 4.39. The second kappa shape index (κ2) is 8.99. The molecule has 3 rings (SSSR count). The third-order valence-electron chi connectivity index (χ3n) is 5.44. The maximum Gasteiger partial charge on any atom is 0.326 e. The SMILES string of the molecule is COc1cccc(OC2=CC(=O)N(C(CC3CCCCC3)C(=O)O)C2)c1OC. The van der Waals surface area contributed by atoms with E-state index in [4.69, 9.17) is 14.2 Å². The Morgan fingerprint density at radius 3 is 2.54 bits per heavy atom. The molecule has 0 radical (unpaired) electrons. The molecule has 1 aliphatic heterocycles. The third kappa shape index (κ3) is 4.40. The van der Waals surface area contributed by atoms with Gasteiger partial charge < -0.3 is 24.2 Å². The van der Waals surface area contributed by atoms with Crippen molar-refractivity contribution in [1.82, 2.24) is 4.90 Å². The third-order valence-corrected chi connectivity index (χ3v) is 5.44. The molecular formula is C21H27NO6. The largest absolute Gasteiger partial charge is 0.493 e. The number of rotatable bonds is 8. The molecule has 0 saturated heterocycles. The highest BCUT2D eigenvalue weighted by Crippen LogP contribution is 2.38. The van der Waals surface area contributed by atoms with Crippen LogP contribution in [0.4, 0.5) is 0 Å². The Morgan fingerprint density at radius 1 is 1.18 bits per heavy atom. The predicted octanol–water partition coefficient (Wildman–Crippen LogP) is 3.23. The molecule has 1 unspecified atom stereocenters. The van der Waals surface area contributed by atoms with Crippen LogP contribution in [0.25, 0.3) is 0 Å². The van der Waals surface area contributed by atoms with Gasteiger partial charge in [0, 0.05) is 6.08 Å². The molecule has 1 atom stereocenters. The van der Waals surface area contributed by atoms with Crippen LogP contribution in [0.15, 0.2) is 30.0 Å². The van der Waals surface area contributed by atoms with Gasteiger partial charge in [-0.2, -0.15) is 0 Å². The topological polar surface area (TPSA) is 85.3 Å². The quantitative estimate of drug-likeness (QED) is 0.735. The number of ether oxygens (including phenoxy) is 3. The van der Waals surface area contributed by atoms with E-state index >= 15 is 0 Å². The van der Waals surface area contributed by atoms with Gasteiger partial charge in [0.25, 0.3) is 5.91 Å². The zero-order chi connectivity index (χ0) is 20.1. The van der Waals surface area contributed by atoms with E-state index in [1.54, 1.807) is 18.2 Å². The van der Waals surface area contributed by atoms with Crippen molar-refractivity contribution in [1.29, 1.82) is 0 Å². The summed E-state index contributed by atoms with van der Waals surface area (Å²) in [4.78, 5) is 25.7. The smallest absolute Gasteiger partial charge is 0.326 e. The van der Waals surface area contributed by atoms with Crippen molar-refractivity contribution in [2.45, 2.75) is 44.6 Å². The van der Waals surface area contributed by atoms with Gasteiger partial charge in [-0.3, -0.25) is 4.79 Å². The van der Waals surface area contributed by atoms with Crippen LogP contribution in [-0.2, 0) is 9.59 Å². The molecule has 1 heterocycles. The van der Waals surface area contributed by atoms with Gasteiger partial charge in [0.1, 0.15) is 11.8 Å². The normalized spacial score (nSPS) is 18.6. The molecule has 152 valence electrons. The Balaban J connectivity index is 1.71. The van der Waals surface area contributed by atoms with Crippen LogP contribution in [0.5, 0.6) is 17.2 Å². The lowest BCUT2D eigenvalue weighted by Gasteiger charge is -2.30. The van der Waals surface area contributed by atoms with Crippen LogP contribution in [-0.4, -0.2) is 48.7 Å². The highest BCUT2D eigenvalue weighted by molar-refractivity contribution is 5.94. The van der Waals surface area contributed by atoms with E-state index < -0.39 is 12.0 Å². The summed E-state index contributed by atoms with van der Waals surface area (Å²) in [6.07, 6.45) is 7.38. The van der Waals surface area contributed by atoms with E-state index in [0.717, 1.165) is 25.7 Å². The van der Waals surface area contributed by atoms with Crippen molar-refractivity contribution in [3.05, 3.63) is 30.0 Å². The maximum absolute atomic E-state index is 12.5. The van der Waals surface area contributed by atoms with E-state index in [1.165, 1.54) is 31.6 Å². The van der Waals surface area contributed by atoms with E-state index in [0.29, 0.717) is 35.3 Å². The Kier molecular flexibility index (Phi) is 6.44. The molecule has 0 bridgehead atoms. The van der Waals surface area contributed by atoms with Crippen LogP contribution in [0.1, 0.15) is 38.5 Å². The summed E-state index contributed by atoms with van der Waals surface area (Å²) >= 11 is 0. The fourth-order valence-corrected chi connectivity index (χ4v) is 4.02. The Morgan fingerprint density at radius 2 is 1.89 bits per heavy atom. The van der Waals surface area contributed by atoms with Gasteiger partial charge in [-0.15, -0.1) is 0 Å². The summed E-state index contributed by atoms with van der Waals surface area (Å²) < 4.78 is 16.5. The molecule has 2 aliphatic rings. The van der Waals surface area contributed by atoms with Crippen LogP contribution < -0.4 is 14.2 Å². The molecule has 1 aromatic rings. The average Bonchev–Trinajstić information content (AvgIpc) is 3.06. The Labute approximate surface area is 164 Å². The van der Waals surface area contributed by atoms with Crippen molar-refractivity contribution >= 4 is 11.9 Å². The number of nitrogens with zero attached hydrogens (tertiary/aromatic N) is 1. The molecule has 1 amide bonds. The lowest BCUT2D eigenvalue weighted by atomic mass is 9.84. The first-order valence-electron chi connectivity index (χ1n) is 9.66. The standard InChI is InChI=1S/C21H27NO6/c1-26-17-9-6-10-18(20(17)27-2)28-15-12-19(23)22(13-15)16(21(24)25)11-14-7-4-3-5-8-14/h6,9-10,12,14,16H,3-5,7-8,11,13H2,1-2H3,(H,24,25). The number of hydrogen-bond donors (Lipinski definition) is 1. The van der Waals surface area contributed by atoms with Crippen LogP contribution >= 0.6 is 0 Å². The molecule has 1 fully saturated rings. The van der Waals surface area contributed by atoms with E-state index in [9.17, 15) is 14.7 Å². The molecule has 7 heteroatoms. The number of amides is 1. The predicted molar refractivity (Wildman–Crippen MR) is 103 cm³/mol. The zero-order valence-corrected chi connectivity index (χ0v) is 16.3. The van der Waals surface area contributed by atoms with Gasteiger partial charge in [-0.05, 0) is 24.5 Å². The van der Waals surface area contributed by atoms with Gasteiger partial charge >= 0.3 is 5.97 Å². The zero-order valence-electron chi connectivity index (χ0n) is 16.3. The Hall–Kier alpha value is -2.70. The molecule has 1 saturated carbocycles. The lowest BCUT2D eigenvalue weighted by Crippen LogP contribution is -2.44. The Bertz CT molecular complexity index is 753. The number of carboxylic acid groups (broad SMARTS) is 1. The first-order valence-corrected chi connectivity index (χ1v) is 9.66. The monoisotopic (exact) mass is 389 g/mol. The number of benzene rings is 1. The fraction of sp³-hybridized carbons (Fsp3) is 0.524. The lowest BCUT2D eigenvalue weighted by molar-refractivity contribution is -0.148. The minimum absolute atomic E-state index is 0.128. The van der Waals surface area contributed by atoms with Crippen molar-refractivity contribution in [2.75, 3.05) is 20.8 Å². The van der Waals surface area contributed by atoms with Gasteiger partial charge in [0.2, 0.25) is 5.75 Å². The molecule has 1 aliphatic carbocycles. The van der Waals surface area contributed by atoms with Crippen LogP contribution in [0.2, 0.25) is 0 Å². The summed E-state index contributed by atoms with van der Waals surface area (Å²) in [5.41, 5.74) is 0. The van der Waals surface area contributed by atoms with Crippen molar-refractivity contribution in [2.24, 2.45) is 5.92 Å². The molecule has 0 spiro atoms. The second-order valence-corrected chi connectivity index (χ2v) is 7.26. The summed E-state index contributed by atoms with van der Waals surface area (Å²) in [7, 11) is 3.04. The summed E-state index contributed by atoms with van der Waals surface area (Å²) in [6.45, 7) is 0.128. The molecule has 28 heavy (non-hydrogen) atoms. The average molecular weight is 389 g/mol. The summed E-state index contributed by atoms with van der Waals surface area (Å²) in [5.74, 6) is 0.809. The van der Waals surface area contributed by atoms with Crippen molar-refractivity contribution in [3.63, 3.8) is 0 Å². The number of methoxy groups -OCH3 is 2. The number of carbonyl (C=O) groups is 2. The van der Waals surface area contributed by atoms with E-state index in [-0.39, 0.29) is 12.5 Å². The maximum atomic E-state index is 12.5. The van der Waals surface area contributed by atoms with Crippen molar-refractivity contribution in [3.8, 4) is 17.2 Å². The van der Waals surface area contributed by atoms with Crippen molar-refractivity contribution < 1.29 is 28.9 Å². The number of hydrogen-bond acceptors (Lipinski definition) is 5. The van der Waals surface area contributed by atoms with Gasteiger partial charge in [-0.1, -0.05) is 38.2 Å². The number of aliphatic carboxylic acids is 1. The first-order chi connectivity index (χ1) is 13.5. The minimum atomic E-state index is -0.965. The highest BCUT2D eigenvalue weighted by atomic mass is 16.5. The molecule has 7 nitrogen and oxygen atoms in total. The number of para-hydroxylation sites is 1.